The summed E-state index contributed by atoms with van der Waals surface area (Å²) in [6, 6.07) is 4.78. The van der Waals surface area contributed by atoms with Crippen LogP contribution in [0.1, 0.15) is 134 Å². The van der Waals surface area contributed by atoms with Gasteiger partial charge in [0.2, 0.25) is 59.7 Å². The number of aromatic hydroxyl groups is 4. The predicted molar refractivity (Wildman–Crippen MR) is 423 cm³/mol. The minimum absolute atomic E-state index is 0.129. The first-order valence-electron chi connectivity index (χ1n) is 38.8. The largest absolute Gasteiger partial charge is 0.508 e. The molecule has 7 aromatic carbocycles. The molecular formula is C83H88Cl2N8O29. The van der Waals surface area contributed by atoms with E-state index in [2.05, 4.69) is 56.4 Å². The number of unbranched alkanes of at least 4 members (excludes halogenated alkanes) is 4. The van der Waals surface area contributed by atoms with E-state index in [9.17, 15) is 80.5 Å². The number of carboxylic acid groups (broad SMARTS) is 1. The lowest BCUT2D eigenvalue weighted by Crippen LogP contribution is -2.66. The van der Waals surface area contributed by atoms with Crippen molar-refractivity contribution in [2.75, 3.05) is 20.8 Å². The molecule has 0 spiro atoms. The number of carbonyl (C=O) groups excluding carboxylic acids is 8. The zero-order valence-electron chi connectivity index (χ0n) is 65.4. The Morgan fingerprint density at radius 1 is 0.557 bits per heavy atom. The standard InChI is InChI=1S/C83H88Cl2N8O29/c1-33(2)10-8-6-5-7-9-11-56(99)88-65-68(102)70(104)73(81(114)115-4)122-82(65)121-72-53-26-38-27-54(72)118-50-21-16-37(24-45(50)84)66(100)64-79(111)92-63(80(112)113)43-28-39(95)29-52(119-83-71(105)69(103)67(101)55(32-94)120-83)57(43)42-23-35(14-19-47(42)96)60(76(108)93-64)89-77(109)61(38)90-78(110)62-44-30-41(31-49(98)58(44)85)117-51-25-36(15-20-48(51)97)59(86-3)75(107)87-46(74(106)91-62)22-34-12-17-40(116-53)18-13-34/h12-21,23-31,33,46,55,59-71,73,82-83,86,94-98,100-105H,5-11,22,32H2,1-4H3,(H,87,107)(H,88,99)(H,89,109)(H,90,110)(H,91,106)(H,92,111)(H,93,108)(H,112,113)/t46-,55-,59-,60-,61-,62+,63-,64+,65-,66-,67-,68-,69+,70+,71+,73+,82-,83+/m1/s1. The van der Waals surface area contributed by atoms with Crippen molar-refractivity contribution in [2.24, 2.45) is 5.92 Å². The van der Waals surface area contributed by atoms with Crippen LogP contribution in [0.2, 0.25) is 10.0 Å². The van der Waals surface area contributed by atoms with E-state index in [-0.39, 0.29) is 34.8 Å². The fraction of sp³-hybridized carbons (Fsp3) is 0.386. The number of nitrogens with one attached hydrogen (secondary N) is 8. The van der Waals surface area contributed by atoms with E-state index in [1.54, 1.807) is 0 Å². The van der Waals surface area contributed by atoms with E-state index >= 15 is 24.0 Å². The van der Waals surface area contributed by atoms with Crippen molar-refractivity contribution >= 4 is 76.5 Å². The van der Waals surface area contributed by atoms with Crippen LogP contribution in [-0.4, -0.2) is 209 Å². The molecule has 17 bridgehead atoms. The molecule has 0 aromatic heterocycles. The van der Waals surface area contributed by atoms with Crippen LogP contribution in [0.4, 0.5) is 0 Å². The number of methoxy groups -OCH3 is 1. The van der Waals surface area contributed by atoms with Gasteiger partial charge in [-0.1, -0.05) is 99.5 Å². The second-order valence-electron chi connectivity index (χ2n) is 30.4. The molecule has 0 radical (unpaired) electrons. The lowest BCUT2D eigenvalue weighted by molar-refractivity contribution is -0.277. The number of rotatable bonds is 17. The average molecular weight is 1730 g/mol. The van der Waals surface area contributed by atoms with Crippen LogP contribution in [0.15, 0.2) is 115 Å². The molecule has 8 aliphatic heterocycles. The number of carboxylic acids is 1. The van der Waals surface area contributed by atoms with Gasteiger partial charge >= 0.3 is 11.9 Å². The van der Waals surface area contributed by atoms with Crippen molar-refractivity contribution in [3.63, 3.8) is 0 Å². The Kier molecular flexibility index (Phi) is 26.8. The number of esters is 1. The Bertz CT molecular complexity index is 5200. The van der Waals surface area contributed by atoms with Gasteiger partial charge in [0.15, 0.2) is 35.1 Å². The highest BCUT2D eigenvalue weighted by molar-refractivity contribution is 6.33. The third kappa shape index (κ3) is 18.8. The average Bonchev–Trinajstić information content (AvgIpc) is 0.757. The van der Waals surface area contributed by atoms with Gasteiger partial charge < -0.3 is 142 Å². The van der Waals surface area contributed by atoms with Gasteiger partial charge in [0.25, 0.3) is 0 Å². The maximum absolute atomic E-state index is 16.7. The van der Waals surface area contributed by atoms with E-state index < -0.39 is 271 Å². The fourth-order valence-corrected chi connectivity index (χ4v) is 15.6. The lowest BCUT2D eigenvalue weighted by Gasteiger charge is -2.41. The van der Waals surface area contributed by atoms with Gasteiger partial charge in [0, 0.05) is 47.2 Å². The molecule has 8 heterocycles. The van der Waals surface area contributed by atoms with Gasteiger partial charge in [0.1, 0.15) is 125 Å². The van der Waals surface area contributed by atoms with Gasteiger partial charge in [-0.05, 0) is 120 Å². The molecule has 648 valence electrons. The maximum atomic E-state index is 16.7. The zero-order valence-corrected chi connectivity index (χ0v) is 66.9. The van der Waals surface area contributed by atoms with Crippen molar-refractivity contribution in [3.05, 3.63) is 164 Å². The van der Waals surface area contributed by atoms with E-state index in [4.69, 9.17) is 61.1 Å². The second kappa shape index (κ2) is 37.2. The highest BCUT2D eigenvalue weighted by Crippen LogP contribution is 2.50. The SMILES string of the molecule is CN[C@H]1C(=O)N[C@@H]2Cc3ccc(cc3)Oc3cc4cc(c3O[C@@H]3O[C@H](C(=O)OC)[C@@H](O)[C@H](O)[C@H]3NC(=O)CCCCCCCC(C)C)Oc3ccc(cc3Cl)[C@@H](O)[C@@H]3NC(=O)[C@H](NC(=O)[C@@H]4NC(=O)[C@@H](NC2=O)c2cc(cc(O)c2Cl)Oc2cc1ccc2O)c1ccc(O)c(c1)-c1c(O[C@H]2O[C@H](CO)[C@@H](O)[C@H](O)[C@@H]2O)cc(O)cc1[C@H](C(=O)O)NC3=O. The Labute approximate surface area is 704 Å². The van der Waals surface area contributed by atoms with Crippen LogP contribution in [0, 0.1) is 5.92 Å². The second-order valence-corrected chi connectivity index (χ2v) is 31.2. The molecule has 122 heavy (non-hydrogen) atoms. The molecule has 18 atom stereocenters. The highest BCUT2D eigenvalue weighted by Gasteiger charge is 2.52. The first kappa shape index (κ1) is 88.0. The highest BCUT2D eigenvalue weighted by atomic mass is 35.5. The van der Waals surface area contributed by atoms with Crippen molar-refractivity contribution in [1.82, 2.24) is 42.5 Å². The predicted octanol–water partition coefficient (Wildman–Crippen LogP) is 3.88. The quantitative estimate of drug-likeness (QED) is 0.0454. The Hall–Kier alpha value is -11.9. The number of likely N-dealkylation sites (N-methyl/N-ethyl adjacent to an activating group) is 1. The van der Waals surface area contributed by atoms with Crippen molar-refractivity contribution in [2.45, 2.75) is 175 Å². The molecule has 20 N–H and O–H groups in total. The Morgan fingerprint density at radius 2 is 1.20 bits per heavy atom. The van der Waals surface area contributed by atoms with E-state index in [0.29, 0.717) is 24.3 Å². The molecule has 8 aliphatic rings. The number of aliphatic hydroxyl groups excluding tert-OH is 7. The van der Waals surface area contributed by atoms with Crippen molar-refractivity contribution in [1.29, 1.82) is 0 Å². The zero-order chi connectivity index (χ0) is 87.6. The van der Waals surface area contributed by atoms with E-state index in [1.807, 2.05) is 0 Å². The molecule has 2 fully saturated rings. The maximum Gasteiger partial charge on any atom is 0.337 e. The molecule has 39 heteroatoms. The summed E-state index contributed by atoms with van der Waals surface area (Å²) in [5, 5.41) is 157. The summed E-state index contributed by atoms with van der Waals surface area (Å²) in [7, 11) is 2.38. The summed E-state index contributed by atoms with van der Waals surface area (Å²) in [6.45, 7) is 3.23. The number of fused-ring (bicyclic) bond motifs is 14. The third-order valence-electron chi connectivity index (χ3n) is 21.6. The van der Waals surface area contributed by atoms with Gasteiger partial charge in [-0.2, -0.15) is 0 Å². The number of carbonyl (C=O) groups is 9. The Morgan fingerprint density at radius 3 is 1.90 bits per heavy atom. The number of ether oxygens (including phenoxy) is 8. The third-order valence-corrected chi connectivity index (χ3v) is 22.3. The van der Waals surface area contributed by atoms with Gasteiger partial charge in [-0.25, -0.2) is 9.59 Å². The topological polar surface area (TPSA) is 566 Å². The molecule has 0 aliphatic carbocycles. The van der Waals surface area contributed by atoms with Gasteiger partial charge in [0.05, 0.1) is 23.8 Å². The van der Waals surface area contributed by atoms with E-state index in [1.165, 1.54) is 49.5 Å². The normalized spacial score (nSPS) is 26.5. The number of aliphatic hydroxyl groups is 7. The van der Waals surface area contributed by atoms with Crippen LogP contribution in [0.5, 0.6) is 69.0 Å². The summed E-state index contributed by atoms with van der Waals surface area (Å²) >= 11 is 14.2. The smallest absolute Gasteiger partial charge is 0.337 e. The summed E-state index contributed by atoms with van der Waals surface area (Å²) < 4.78 is 49.4. The number of aliphatic carboxylic acids is 1. The van der Waals surface area contributed by atoms with E-state index in [0.717, 1.165) is 106 Å². The molecular weight excluding hydrogens is 1640 g/mol. The molecule has 2 saturated heterocycles. The Balaban J connectivity index is 1.05. The van der Waals surface area contributed by atoms with Crippen LogP contribution in [0.3, 0.4) is 0 Å². The van der Waals surface area contributed by atoms with Crippen molar-refractivity contribution in [3.8, 4) is 80.1 Å². The molecule has 0 saturated carbocycles. The molecule has 7 aromatic rings. The number of hydrogen-bond donors (Lipinski definition) is 20. The number of amides is 7. The minimum Gasteiger partial charge on any atom is -0.508 e. The fourth-order valence-electron chi connectivity index (χ4n) is 15.1. The van der Waals surface area contributed by atoms with Crippen LogP contribution >= 0.6 is 23.2 Å². The number of halogens is 2. The molecule has 7 amide bonds. The monoisotopic (exact) mass is 1730 g/mol. The number of hydrogen-bond acceptors (Lipinski definition) is 29. The molecule has 37 nitrogen and oxygen atoms in total. The number of phenols is 4. The van der Waals surface area contributed by atoms with Crippen LogP contribution in [0.25, 0.3) is 11.1 Å². The number of benzene rings is 7. The first-order chi connectivity index (χ1) is 58.2. The van der Waals surface area contributed by atoms with Crippen molar-refractivity contribution < 1.29 is 142 Å². The number of phenolic OH excluding ortho intramolecular Hbond substituents is 4. The first-order valence-corrected chi connectivity index (χ1v) is 39.6. The summed E-state index contributed by atoms with van der Waals surface area (Å²) in [5.74, 6) is -18.2. The molecule has 0 unspecified atom stereocenters. The van der Waals surface area contributed by atoms with Gasteiger partial charge in [-0.3, -0.25) is 33.6 Å². The minimum atomic E-state index is -2.45. The van der Waals surface area contributed by atoms with Crippen LogP contribution in [-0.2, 0) is 63.8 Å². The summed E-state index contributed by atoms with van der Waals surface area (Å²) in [5.41, 5.74) is -3.20. The molecule has 15 rings (SSSR count). The van der Waals surface area contributed by atoms with Crippen LogP contribution < -0.4 is 66.2 Å². The van der Waals surface area contributed by atoms with Gasteiger partial charge in [-0.15, -0.1) is 0 Å². The summed E-state index contributed by atoms with van der Waals surface area (Å²) in [6.07, 6.45) is -16.8. The lowest BCUT2D eigenvalue weighted by atomic mass is 9.89. The summed E-state index contributed by atoms with van der Waals surface area (Å²) in [4.78, 5) is 136.